The number of benzene rings is 1. The fourth-order valence-corrected chi connectivity index (χ4v) is 3.18. The van der Waals surface area contributed by atoms with Crippen LogP contribution in [0.5, 0.6) is 5.75 Å². The minimum absolute atomic E-state index is 0.00627. The van der Waals surface area contributed by atoms with Gasteiger partial charge in [0, 0.05) is 24.7 Å². The van der Waals surface area contributed by atoms with Crippen LogP contribution in [0.3, 0.4) is 0 Å². The molecule has 1 aromatic carbocycles. The van der Waals surface area contributed by atoms with Crippen LogP contribution in [0.25, 0.3) is 0 Å². The number of para-hydroxylation sites is 1. The summed E-state index contributed by atoms with van der Waals surface area (Å²) in [6.07, 6.45) is 2.24. The van der Waals surface area contributed by atoms with Crippen LogP contribution in [0.15, 0.2) is 24.3 Å². The first kappa shape index (κ1) is 14.4. The van der Waals surface area contributed by atoms with E-state index in [0.717, 1.165) is 30.7 Å². The maximum absolute atomic E-state index is 12.8. The molecule has 1 saturated heterocycles. The number of fused-ring (bicyclic) bond motifs is 1. The molecular formula is C16H22N2O3. The van der Waals surface area contributed by atoms with Crippen LogP contribution in [-0.2, 0) is 4.79 Å². The molecule has 114 valence electrons. The molecule has 2 aliphatic rings. The molecule has 2 aliphatic heterocycles. The number of hydrogen-bond acceptors (Lipinski definition) is 4. The normalized spacial score (nSPS) is 23.7. The Bertz CT molecular complexity index is 500. The van der Waals surface area contributed by atoms with Gasteiger partial charge in [0.05, 0.1) is 6.61 Å². The summed E-state index contributed by atoms with van der Waals surface area (Å²) in [5.74, 6) is 0.621. The van der Waals surface area contributed by atoms with Crippen molar-refractivity contribution in [2.45, 2.75) is 24.8 Å². The van der Waals surface area contributed by atoms with E-state index in [0.29, 0.717) is 25.7 Å². The van der Waals surface area contributed by atoms with Gasteiger partial charge >= 0.3 is 0 Å². The van der Waals surface area contributed by atoms with Gasteiger partial charge in [-0.25, -0.2) is 0 Å². The number of carbonyl (C=O) groups excluding carboxylic acids is 1. The van der Waals surface area contributed by atoms with Gasteiger partial charge in [0.15, 0.2) is 0 Å². The minimum Gasteiger partial charge on any atom is -0.492 e. The van der Waals surface area contributed by atoms with Crippen molar-refractivity contribution in [1.82, 2.24) is 10.2 Å². The van der Waals surface area contributed by atoms with Gasteiger partial charge in [-0.1, -0.05) is 18.2 Å². The van der Waals surface area contributed by atoms with Gasteiger partial charge in [-0.05, 0) is 25.5 Å². The van der Waals surface area contributed by atoms with Gasteiger partial charge in [0.2, 0.25) is 5.91 Å². The molecule has 21 heavy (non-hydrogen) atoms. The molecule has 2 heterocycles. The van der Waals surface area contributed by atoms with Gasteiger partial charge in [0.25, 0.3) is 0 Å². The third-order valence-corrected chi connectivity index (χ3v) is 4.28. The van der Waals surface area contributed by atoms with Crippen molar-refractivity contribution >= 4 is 5.91 Å². The number of rotatable bonds is 5. The number of hydrogen-bond donors (Lipinski definition) is 2. The summed E-state index contributed by atoms with van der Waals surface area (Å²) in [5.41, 5.74) is 0.963. The SMILES string of the molecule is O=C(C1COc2ccccc21)N(CCO)CC1CCCN1. The van der Waals surface area contributed by atoms with Crippen molar-refractivity contribution in [2.75, 3.05) is 32.8 Å². The first-order valence-corrected chi connectivity index (χ1v) is 7.64. The second-order valence-corrected chi connectivity index (χ2v) is 5.70. The molecule has 0 saturated carbocycles. The number of ether oxygens (including phenoxy) is 1. The summed E-state index contributed by atoms with van der Waals surface area (Å²) in [4.78, 5) is 14.6. The number of aliphatic hydroxyl groups excluding tert-OH is 1. The Balaban J connectivity index is 1.72. The molecule has 0 spiro atoms. The first-order valence-electron chi connectivity index (χ1n) is 7.64. The summed E-state index contributed by atoms with van der Waals surface area (Å²) in [7, 11) is 0. The summed E-state index contributed by atoms with van der Waals surface area (Å²) < 4.78 is 5.60. The van der Waals surface area contributed by atoms with Crippen molar-refractivity contribution in [3.05, 3.63) is 29.8 Å². The smallest absolute Gasteiger partial charge is 0.233 e. The van der Waals surface area contributed by atoms with E-state index >= 15 is 0 Å². The van der Waals surface area contributed by atoms with Crippen LogP contribution >= 0.6 is 0 Å². The number of nitrogens with one attached hydrogen (secondary N) is 1. The Morgan fingerprint density at radius 3 is 3.05 bits per heavy atom. The molecule has 2 N–H and O–H groups in total. The standard InChI is InChI=1S/C16H22N2O3/c19-9-8-18(10-12-4-3-7-17-12)16(20)14-11-21-15-6-2-1-5-13(14)15/h1-2,5-6,12,14,17,19H,3-4,7-11H2. The van der Waals surface area contributed by atoms with E-state index in [-0.39, 0.29) is 18.4 Å². The van der Waals surface area contributed by atoms with Gasteiger partial charge in [0.1, 0.15) is 18.3 Å². The number of nitrogens with zero attached hydrogens (tertiary/aromatic N) is 1. The number of amides is 1. The van der Waals surface area contributed by atoms with Crippen LogP contribution in [-0.4, -0.2) is 54.8 Å². The predicted octanol–water partition coefficient (Wildman–Crippen LogP) is 0.735. The van der Waals surface area contributed by atoms with Crippen LogP contribution in [0.1, 0.15) is 24.3 Å². The second-order valence-electron chi connectivity index (χ2n) is 5.70. The topological polar surface area (TPSA) is 61.8 Å². The third-order valence-electron chi connectivity index (χ3n) is 4.28. The third kappa shape index (κ3) is 3.04. The van der Waals surface area contributed by atoms with E-state index in [9.17, 15) is 9.90 Å². The minimum atomic E-state index is -0.242. The van der Waals surface area contributed by atoms with E-state index in [1.54, 1.807) is 4.90 Å². The van der Waals surface area contributed by atoms with E-state index in [1.165, 1.54) is 0 Å². The summed E-state index contributed by atoms with van der Waals surface area (Å²) in [6.45, 7) is 2.46. The second kappa shape index (κ2) is 6.45. The molecule has 0 bridgehead atoms. The van der Waals surface area contributed by atoms with Crippen molar-refractivity contribution in [3.63, 3.8) is 0 Å². The summed E-state index contributed by atoms with van der Waals surface area (Å²) in [6, 6.07) is 8.05. The van der Waals surface area contributed by atoms with Gasteiger partial charge < -0.3 is 20.1 Å². The maximum atomic E-state index is 12.8. The van der Waals surface area contributed by atoms with Crippen molar-refractivity contribution in [2.24, 2.45) is 0 Å². The maximum Gasteiger partial charge on any atom is 0.233 e. The summed E-state index contributed by atoms with van der Waals surface area (Å²) in [5, 5.41) is 12.7. The zero-order chi connectivity index (χ0) is 14.7. The average Bonchev–Trinajstić information content (AvgIpc) is 3.15. The lowest BCUT2D eigenvalue weighted by atomic mass is 9.99. The van der Waals surface area contributed by atoms with Crippen LogP contribution in [0.4, 0.5) is 0 Å². The van der Waals surface area contributed by atoms with Crippen LogP contribution in [0.2, 0.25) is 0 Å². The Morgan fingerprint density at radius 2 is 2.29 bits per heavy atom. The van der Waals surface area contributed by atoms with Gasteiger partial charge in [-0.15, -0.1) is 0 Å². The van der Waals surface area contributed by atoms with Crippen molar-refractivity contribution in [1.29, 1.82) is 0 Å². The van der Waals surface area contributed by atoms with Gasteiger partial charge in [-0.2, -0.15) is 0 Å². The van der Waals surface area contributed by atoms with Gasteiger partial charge in [-0.3, -0.25) is 4.79 Å². The predicted molar refractivity (Wildman–Crippen MR) is 79.4 cm³/mol. The highest BCUT2D eigenvalue weighted by Crippen LogP contribution is 2.34. The average molecular weight is 290 g/mol. The molecule has 0 aliphatic carbocycles. The molecule has 1 aromatic rings. The zero-order valence-electron chi connectivity index (χ0n) is 12.1. The first-order chi connectivity index (χ1) is 10.3. The highest BCUT2D eigenvalue weighted by atomic mass is 16.5. The van der Waals surface area contributed by atoms with Crippen LogP contribution < -0.4 is 10.1 Å². The molecule has 0 aromatic heterocycles. The molecule has 2 atom stereocenters. The molecule has 5 nitrogen and oxygen atoms in total. The number of carbonyl (C=O) groups is 1. The fraction of sp³-hybridized carbons (Fsp3) is 0.562. The Kier molecular flexibility index (Phi) is 4.41. The van der Waals surface area contributed by atoms with Crippen molar-refractivity contribution < 1.29 is 14.6 Å². The van der Waals surface area contributed by atoms with E-state index in [2.05, 4.69) is 5.32 Å². The Labute approximate surface area is 124 Å². The van der Waals surface area contributed by atoms with E-state index in [4.69, 9.17) is 4.74 Å². The molecule has 2 unspecified atom stereocenters. The van der Waals surface area contributed by atoms with Crippen molar-refractivity contribution in [3.8, 4) is 5.75 Å². The molecule has 1 fully saturated rings. The molecular weight excluding hydrogens is 268 g/mol. The summed E-state index contributed by atoms with van der Waals surface area (Å²) >= 11 is 0. The highest BCUT2D eigenvalue weighted by molar-refractivity contribution is 5.85. The molecule has 1 amide bonds. The van der Waals surface area contributed by atoms with E-state index in [1.807, 2.05) is 24.3 Å². The number of aliphatic hydroxyl groups is 1. The van der Waals surface area contributed by atoms with Crippen LogP contribution in [0, 0.1) is 0 Å². The lowest BCUT2D eigenvalue weighted by molar-refractivity contribution is -0.133. The quantitative estimate of drug-likeness (QED) is 0.839. The lowest BCUT2D eigenvalue weighted by Crippen LogP contribution is -2.44. The molecule has 5 heteroatoms. The fourth-order valence-electron chi connectivity index (χ4n) is 3.18. The molecule has 3 rings (SSSR count). The lowest BCUT2D eigenvalue weighted by Gasteiger charge is -2.27. The monoisotopic (exact) mass is 290 g/mol. The largest absolute Gasteiger partial charge is 0.492 e. The highest BCUT2D eigenvalue weighted by Gasteiger charge is 2.34. The molecule has 0 radical (unpaired) electrons. The zero-order valence-corrected chi connectivity index (χ0v) is 12.1. The van der Waals surface area contributed by atoms with E-state index < -0.39 is 0 Å². The Hall–Kier alpha value is -1.59. The Morgan fingerprint density at radius 1 is 1.43 bits per heavy atom.